The maximum atomic E-state index is 13.3. The van der Waals surface area contributed by atoms with Crippen molar-refractivity contribution in [1.29, 1.82) is 0 Å². The highest BCUT2D eigenvalue weighted by molar-refractivity contribution is 5.98. The highest BCUT2D eigenvalue weighted by Gasteiger charge is 2.32. The summed E-state index contributed by atoms with van der Waals surface area (Å²) in [4.78, 5) is 26.6. The van der Waals surface area contributed by atoms with E-state index >= 15 is 0 Å². The number of likely N-dealkylation sites (tertiary alicyclic amines) is 1. The van der Waals surface area contributed by atoms with E-state index in [-0.39, 0.29) is 17.8 Å². The SMILES string of the molecule is Cc1cn2nc([C@@H]3CCCCN3C(=O)c3cccnc3N)cc2nc1N1CC[C@H](C)C1. The molecular weight excluding hydrogens is 390 g/mol. The van der Waals surface area contributed by atoms with E-state index in [1.54, 1.807) is 18.3 Å². The van der Waals surface area contributed by atoms with Crippen LogP contribution in [0.4, 0.5) is 11.6 Å². The summed E-state index contributed by atoms with van der Waals surface area (Å²) in [6, 6.07) is 5.44. The quantitative estimate of drug-likeness (QED) is 0.701. The third kappa shape index (κ3) is 3.60. The van der Waals surface area contributed by atoms with Crippen molar-refractivity contribution < 1.29 is 4.79 Å². The predicted molar refractivity (Wildman–Crippen MR) is 120 cm³/mol. The maximum absolute atomic E-state index is 13.3. The number of nitrogen functional groups attached to an aromatic ring is 1. The van der Waals surface area contributed by atoms with Crippen LogP contribution in [-0.2, 0) is 0 Å². The first-order valence-corrected chi connectivity index (χ1v) is 11.1. The highest BCUT2D eigenvalue weighted by Crippen LogP contribution is 2.33. The van der Waals surface area contributed by atoms with E-state index in [0.29, 0.717) is 18.0 Å². The molecule has 2 saturated heterocycles. The number of fused-ring (bicyclic) bond motifs is 1. The molecule has 2 aliphatic rings. The molecule has 0 saturated carbocycles. The Morgan fingerprint density at radius 2 is 2.10 bits per heavy atom. The summed E-state index contributed by atoms with van der Waals surface area (Å²) in [6.45, 7) is 7.16. The van der Waals surface area contributed by atoms with Crippen molar-refractivity contribution in [2.75, 3.05) is 30.3 Å². The zero-order valence-electron chi connectivity index (χ0n) is 18.2. The molecule has 0 aliphatic carbocycles. The lowest BCUT2D eigenvalue weighted by Crippen LogP contribution is -2.39. The number of piperidine rings is 1. The number of carbonyl (C=O) groups is 1. The summed E-state index contributed by atoms with van der Waals surface area (Å²) in [5.74, 6) is 1.93. The molecule has 0 aromatic carbocycles. The van der Waals surface area contributed by atoms with Crippen LogP contribution in [0, 0.1) is 12.8 Å². The summed E-state index contributed by atoms with van der Waals surface area (Å²) < 4.78 is 1.85. The number of aromatic nitrogens is 4. The van der Waals surface area contributed by atoms with Crippen LogP contribution in [0.1, 0.15) is 60.3 Å². The van der Waals surface area contributed by atoms with Crippen LogP contribution >= 0.6 is 0 Å². The second-order valence-electron chi connectivity index (χ2n) is 8.91. The van der Waals surface area contributed by atoms with Crippen LogP contribution < -0.4 is 10.6 Å². The highest BCUT2D eigenvalue weighted by atomic mass is 16.2. The van der Waals surface area contributed by atoms with Crippen LogP contribution in [0.5, 0.6) is 0 Å². The Bertz CT molecular complexity index is 1120. The Kier molecular flexibility index (Phi) is 5.00. The van der Waals surface area contributed by atoms with Gasteiger partial charge in [-0.25, -0.2) is 14.5 Å². The summed E-state index contributed by atoms with van der Waals surface area (Å²) in [6.07, 6.45) is 7.78. The fourth-order valence-electron chi connectivity index (χ4n) is 4.86. The number of hydrogen-bond acceptors (Lipinski definition) is 6. The first-order chi connectivity index (χ1) is 15.0. The lowest BCUT2D eigenvalue weighted by atomic mass is 9.98. The number of pyridine rings is 1. The monoisotopic (exact) mass is 419 g/mol. The van der Waals surface area contributed by atoms with Crippen LogP contribution in [0.2, 0.25) is 0 Å². The first kappa shape index (κ1) is 19.8. The van der Waals surface area contributed by atoms with Crippen molar-refractivity contribution in [3.8, 4) is 0 Å². The Morgan fingerprint density at radius 1 is 1.23 bits per heavy atom. The molecule has 31 heavy (non-hydrogen) atoms. The average molecular weight is 420 g/mol. The normalized spacial score (nSPS) is 21.7. The minimum Gasteiger partial charge on any atom is -0.383 e. The van der Waals surface area contributed by atoms with Crippen molar-refractivity contribution in [3.05, 3.63) is 47.4 Å². The van der Waals surface area contributed by atoms with Crippen LogP contribution in [0.25, 0.3) is 5.65 Å². The fraction of sp³-hybridized carbons (Fsp3) is 0.478. The van der Waals surface area contributed by atoms with E-state index in [2.05, 4.69) is 29.9 Å². The van der Waals surface area contributed by atoms with E-state index in [1.165, 1.54) is 6.42 Å². The van der Waals surface area contributed by atoms with Gasteiger partial charge in [-0.3, -0.25) is 4.79 Å². The van der Waals surface area contributed by atoms with E-state index in [1.807, 2.05) is 15.5 Å². The molecule has 162 valence electrons. The minimum absolute atomic E-state index is 0.0803. The Hall–Kier alpha value is -3.16. The van der Waals surface area contributed by atoms with Gasteiger partial charge in [0, 0.05) is 43.7 Å². The Labute approximate surface area is 182 Å². The first-order valence-electron chi connectivity index (χ1n) is 11.1. The molecule has 5 rings (SSSR count). The van der Waals surface area contributed by atoms with Gasteiger partial charge in [-0.15, -0.1) is 0 Å². The van der Waals surface area contributed by atoms with Gasteiger partial charge in [-0.2, -0.15) is 5.10 Å². The van der Waals surface area contributed by atoms with E-state index < -0.39 is 0 Å². The molecule has 8 heteroatoms. The number of nitrogens with zero attached hydrogens (tertiary/aromatic N) is 6. The number of aryl methyl sites for hydroxylation is 1. The number of carbonyl (C=O) groups excluding carboxylic acids is 1. The second kappa shape index (κ2) is 7.83. The molecule has 0 unspecified atom stereocenters. The lowest BCUT2D eigenvalue weighted by molar-refractivity contribution is 0.0606. The number of rotatable bonds is 3. The molecule has 3 aromatic heterocycles. The van der Waals surface area contributed by atoms with Gasteiger partial charge in [0.05, 0.1) is 17.3 Å². The molecule has 0 bridgehead atoms. The fourth-order valence-corrected chi connectivity index (χ4v) is 4.86. The largest absolute Gasteiger partial charge is 0.383 e. The molecule has 3 aromatic rings. The number of anilines is 2. The second-order valence-corrected chi connectivity index (χ2v) is 8.91. The van der Waals surface area contributed by atoms with Gasteiger partial charge in [0.2, 0.25) is 0 Å². The van der Waals surface area contributed by atoms with Gasteiger partial charge in [0.25, 0.3) is 5.91 Å². The van der Waals surface area contributed by atoms with Gasteiger partial charge in [0.1, 0.15) is 11.6 Å². The topological polar surface area (TPSA) is 92.6 Å². The van der Waals surface area contributed by atoms with Crippen molar-refractivity contribution in [3.63, 3.8) is 0 Å². The third-order valence-electron chi connectivity index (χ3n) is 6.52. The summed E-state index contributed by atoms with van der Waals surface area (Å²) >= 11 is 0. The Morgan fingerprint density at radius 3 is 2.87 bits per heavy atom. The molecule has 2 atom stereocenters. The maximum Gasteiger partial charge on any atom is 0.258 e. The molecule has 2 fully saturated rings. The molecule has 1 amide bonds. The zero-order valence-corrected chi connectivity index (χ0v) is 18.2. The molecule has 2 aliphatic heterocycles. The lowest BCUT2D eigenvalue weighted by Gasteiger charge is -2.34. The molecule has 8 nitrogen and oxygen atoms in total. The van der Waals surface area contributed by atoms with Gasteiger partial charge in [-0.05, 0) is 50.7 Å². The van der Waals surface area contributed by atoms with Crippen LogP contribution in [0.15, 0.2) is 30.6 Å². The summed E-state index contributed by atoms with van der Waals surface area (Å²) in [5, 5.41) is 4.82. The minimum atomic E-state index is -0.0851. The van der Waals surface area contributed by atoms with Crippen molar-refractivity contribution >= 4 is 23.2 Å². The van der Waals surface area contributed by atoms with Crippen LogP contribution in [-0.4, -0.2) is 50.0 Å². The zero-order chi connectivity index (χ0) is 21.5. The number of hydrogen-bond donors (Lipinski definition) is 1. The van der Waals surface area contributed by atoms with E-state index in [0.717, 1.165) is 55.1 Å². The predicted octanol–water partition coefficient (Wildman–Crippen LogP) is 3.23. The molecule has 0 spiro atoms. The molecular formula is C23H29N7O. The van der Waals surface area contributed by atoms with Crippen molar-refractivity contribution in [2.24, 2.45) is 5.92 Å². The molecule has 5 heterocycles. The summed E-state index contributed by atoms with van der Waals surface area (Å²) in [5.41, 5.74) is 9.27. The average Bonchev–Trinajstić information content (AvgIpc) is 3.38. The van der Waals surface area contributed by atoms with Crippen molar-refractivity contribution in [2.45, 2.75) is 45.6 Å². The number of nitrogens with two attached hydrogens (primary N) is 1. The van der Waals surface area contributed by atoms with Gasteiger partial charge >= 0.3 is 0 Å². The van der Waals surface area contributed by atoms with Crippen molar-refractivity contribution in [1.82, 2.24) is 24.5 Å². The van der Waals surface area contributed by atoms with Gasteiger partial charge < -0.3 is 15.5 Å². The standard InChI is InChI=1S/C23H29N7O/c1-15-8-11-28(13-15)22-16(2)14-30-20(26-22)12-18(27-30)19-7-3-4-10-29(19)23(31)17-6-5-9-25-21(17)24/h5-6,9,12,14-15,19H,3-4,7-8,10-11,13H2,1-2H3,(H2,24,25)/t15-,19-/m0/s1. The van der Waals surface area contributed by atoms with Crippen LogP contribution in [0.3, 0.4) is 0 Å². The Balaban J connectivity index is 1.48. The van der Waals surface area contributed by atoms with E-state index in [4.69, 9.17) is 15.8 Å². The third-order valence-corrected chi connectivity index (χ3v) is 6.52. The molecule has 0 radical (unpaired) electrons. The smallest absolute Gasteiger partial charge is 0.258 e. The van der Waals surface area contributed by atoms with E-state index in [9.17, 15) is 4.79 Å². The summed E-state index contributed by atoms with van der Waals surface area (Å²) in [7, 11) is 0. The number of amides is 1. The van der Waals surface area contributed by atoms with Gasteiger partial charge in [-0.1, -0.05) is 6.92 Å². The molecule has 2 N–H and O–H groups in total. The van der Waals surface area contributed by atoms with Gasteiger partial charge in [0.15, 0.2) is 5.65 Å².